The van der Waals surface area contributed by atoms with Gasteiger partial charge in [-0.05, 0) is 30.3 Å². The molecule has 3 rings (SSSR count). The van der Waals surface area contributed by atoms with Gasteiger partial charge in [-0.15, -0.1) is 11.3 Å². The normalized spacial score (nSPS) is 11.3. The topological polar surface area (TPSA) is 76.1 Å². The predicted octanol–water partition coefficient (Wildman–Crippen LogP) is 4.44. The van der Waals surface area contributed by atoms with E-state index in [1.807, 2.05) is 23.6 Å². The molecule has 5 nitrogen and oxygen atoms in total. The Morgan fingerprint density at radius 1 is 1.15 bits per heavy atom. The zero-order valence-electron chi connectivity index (χ0n) is 14.5. The van der Waals surface area contributed by atoms with E-state index in [1.54, 1.807) is 25.1 Å². The fourth-order valence-corrected chi connectivity index (χ4v) is 4.45. The van der Waals surface area contributed by atoms with Crippen LogP contribution in [-0.4, -0.2) is 25.1 Å². The first-order chi connectivity index (χ1) is 12.9. The molecular weight excluding hydrogens is 404 g/mol. The first kappa shape index (κ1) is 19.5. The van der Waals surface area contributed by atoms with Gasteiger partial charge in [0.2, 0.25) is 5.91 Å². The zero-order valence-corrected chi connectivity index (χ0v) is 16.9. The van der Waals surface area contributed by atoms with Gasteiger partial charge in [0.1, 0.15) is 5.01 Å². The highest BCUT2D eigenvalue weighted by Gasteiger charge is 2.13. The highest BCUT2D eigenvalue weighted by Crippen LogP contribution is 2.30. The lowest BCUT2D eigenvalue weighted by Gasteiger charge is -2.06. The summed E-state index contributed by atoms with van der Waals surface area (Å²) in [6.07, 6.45) is 0.121. The fraction of sp³-hybridized carbons (Fsp3) is 0.158. The van der Waals surface area contributed by atoms with Crippen molar-refractivity contribution < 1.29 is 13.2 Å². The van der Waals surface area contributed by atoms with Crippen molar-refractivity contribution in [1.82, 2.24) is 4.98 Å². The van der Waals surface area contributed by atoms with Gasteiger partial charge in [-0.2, -0.15) is 0 Å². The number of nitrogens with one attached hydrogen (secondary N) is 1. The maximum Gasteiger partial charge on any atom is 0.230 e. The number of sulfone groups is 1. The van der Waals surface area contributed by atoms with E-state index in [-0.39, 0.29) is 23.0 Å². The van der Waals surface area contributed by atoms with Gasteiger partial charge in [0, 0.05) is 16.6 Å². The van der Waals surface area contributed by atoms with Crippen molar-refractivity contribution in [3.63, 3.8) is 0 Å². The van der Waals surface area contributed by atoms with Crippen molar-refractivity contribution in [2.45, 2.75) is 18.2 Å². The third-order valence-electron chi connectivity index (χ3n) is 3.87. The number of thiazole rings is 1. The minimum absolute atomic E-state index is 0.0380. The van der Waals surface area contributed by atoms with E-state index in [4.69, 9.17) is 11.6 Å². The molecule has 2 aromatic carbocycles. The maximum absolute atomic E-state index is 12.2. The summed E-state index contributed by atoms with van der Waals surface area (Å²) in [6, 6.07) is 13.6. The number of halogens is 1. The van der Waals surface area contributed by atoms with Crippen molar-refractivity contribution in [1.29, 1.82) is 0 Å². The van der Waals surface area contributed by atoms with Gasteiger partial charge < -0.3 is 5.32 Å². The Labute approximate surface area is 167 Å². The van der Waals surface area contributed by atoms with Gasteiger partial charge in [0.05, 0.1) is 27.8 Å². The molecule has 0 fully saturated rings. The average Bonchev–Trinajstić information content (AvgIpc) is 3.10. The Bertz CT molecular complexity index is 1060. The van der Waals surface area contributed by atoms with Crippen LogP contribution in [0.15, 0.2) is 58.8 Å². The Morgan fingerprint density at radius 3 is 2.52 bits per heavy atom. The van der Waals surface area contributed by atoms with E-state index in [0.717, 1.165) is 10.6 Å². The third kappa shape index (κ3) is 4.74. The van der Waals surface area contributed by atoms with Crippen molar-refractivity contribution in [2.24, 2.45) is 0 Å². The lowest BCUT2D eigenvalue weighted by atomic mass is 10.2. The Balaban J connectivity index is 1.66. The smallest absolute Gasteiger partial charge is 0.230 e. The second-order valence-electron chi connectivity index (χ2n) is 5.78. The van der Waals surface area contributed by atoms with Gasteiger partial charge >= 0.3 is 0 Å². The highest BCUT2D eigenvalue weighted by atomic mass is 35.5. The van der Waals surface area contributed by atoms with Crippen LogP contribution >= 0.6 is 22.9 Å². The Hall–Kier alpha value is -2.22. The molecule has 27 heavy (non-hydrogen) atoms. The number of carbonyl (C=O) groups is 1. The molecule has 8 heteroatoms. The number of carbonyl (C=O) groups excluding carboxylic acids is 1. The number of aromatic nitrogens is 1. The SMILES string of the molecule is CCS(=O)(=O)c1ccc(NC(=O)Cc2csc(-c3ccccc3Cl)n2)cc1. The number of anilines is 1. The van der Waals surface area contributed by atoms with Gasteiger partial charge in [-0.1, -0.05) is 36.7 Å². The molecule has 0 aliphatic heterocycles. The second-order valence-corrected chi connectivity index (χ2v) is 9.32. The molecule has 0 radical (unpaired) electrons. The molecular formula is C19H17ClN2O3S2. The van der Waals surface area contributed by atoms with Crippen LogP contribution in [0.3, 0.4) is 0 Å². The van der Waals surface area contributed by atoms with Crippen LogP contribution in [0, 0.1) is 0 Å². The van der Waals surface area contributed by atoms with Crippen molar-refractivity contribution in [2.75, 3.05) is 11.1 Å². The van der Waals surface area contributed by atoms with Crippen molar-refractivity contribution >= 4 is 44.4 Å². The zero-order chi connectivity index (χ0) is 19.4. The molecule has 0 unspecified atom stereocenters. The number of benzene rings is 2. The first-order valence-corrected chi connectivity index (χ1v) is 11.1. The standard InChI is InChI=1S/C19H17ClN2O3S2/c1-2-27(24,25)15-9-7-13(8-10-15)21-18(23)11-14-12-26-19(22-14)16-5-3-4-6-17(16)20/h3-10,12H,2,11H2,1H3,(H,21,23). The summed E-state index contributed by atoms with van der Waals surface area (Å²) in [6.45, 7) is 1.59. The Kier molecular flexibility index (Phi) is 5.94. The summed E-state index contributed by atoms with van der Waals surface area (Å²) >= 11 is 7.61. The number of hydrogen-bond acceptors (Lipinski definition) is 5. The number of amides is 1. The first-order valence-electron chi connectivity index (χ1n) is 8.21. The van der Waals surface area contributed by atoms with Gasteiger partial charge in [-0.3, -0.25) is 4.79 Å². The molecule has 0 saturated carbocycles. The molecule has 1 heterocycles. The van der Waals surface area contributed by atoms with Crippen LogP contribution < -0.4 is 5.32 Å². The van der Waals surface area contributed by atoms with E-state index in [2.05, 4.69) is 10.3 Å². The molecule has 0 bridgehead atoms. The molecule has 0 spiro atoms. The molecule has 0 aliphatic rings. The summed E-state index contributed by atoms with van der Waals surface area (Å²) in [5, 5.41) is 5.96. The molecule has 1 N–H and O–H groups in total. The maximum atomic E-state index is 12.2. The van der Waals surface area contributed by atoms with E-state index in [1.165, 1.54) is 23.5 Å². The quantitative estimate of drug-likeness (QED) is 0.639. The summed E-state index contributed by atoms with van der Waals surface area (Å²) in [4.78, 5) is 17.0. The summed E-state index contributed by atoms with van der Waals surface area (Å²) in [5.41, 5.74) is 2.03. The summed E-state index contributed by atoms with van der Waals surface area (Å²) < 4.78 is 23.6. The minimum atomic E-state index is -3.25. The molecule has 1 amide bonds. The fourth-order valence-electron chi connectivity index (χ4n) is 2.43. The van der Waals surface area contributed by atoms with E-state index < -0.39 is 9.84 Å². The number of hydrogen-bond donors (Lipinski definition) is 1. The van der Waals surface area contributed by atoms with Crippen LogP contribution in [0.2, 0.25) is 5.02 Å². The molecule has 1 aromatic heterocycles. The monoisotopic (exact) mass is 420 g/mol. The second kappa shape index (κ2) is 8.21. The van der Waals surface area contributed by atoms with Crippen molar-refractivity contribution in [3.8, 4) is 10.6 Å². The molecule has 0 aliphatic carbocycles. The largest absolute Gasteiger partial charge is 0.326 e. The van der Waals surface area contributed by atoms with Crippen LogP contribution in [0.25, 0.3) is 10.6 Å². The third-order valence-corrected chi connectivity index (χ3v) is 6.88. The van der Waals surface area contributed by atoms with Crippen LogP contribution in [0.1, 0.15) is 12.6 Å². The van der Waals surface area contributed by atoms with Crippen LogP contribution in [0.5, 0.6) is 0 Å². The lowest BCUT2D eigenvalue weighted by Crippen LogP contribution is -2.14. The van der Waals surface area contributed by atoms with E-state index in [9.17, 15) is 13.2 Å². The molecule has 0 saturated heterocycles. The molecule has 0 atom stereocenters. The highest BCUT2D eigenvalue weighted by molar-refractivity contribution is 7.91. The minimum Gasteiger partial charge on any atom is -0.326 e. The lowest BCUT2D eigenvalue weighted by molar-refractivity contribution is -0.115. The molecule has 140 valence electrons. The van der Waals surface area contributed by atoms with Crippen LogP contribution in [0.4, 0.5) is 5.69 Å². The summed E-state index contributed by atoms with van der Waals surface area (Å²) in [5.74, 6) is -0.187. The van der Waals surface area contributed by atoms with Gasteiger partial charge in [0.25, 0.3) is 0 Å². The van der Waals surface area contributed by atoms with E-state index >= 15 is 0 Å². The Morgan fingerprint density at radius 2 is 1.85 bits per heavy atom. The molecule has 3 aromatic rings. The average molecular weight is 421 g/mol. The van der Waals surface area contributed by atoms with Crippen molar-refractivity contribution in [3.05, 3.63) is 64.6 Å². The van der Waals surface area contributed by atoms with Crippen LogP contribution in [-0.2, 0) is 21.1 Å². The predicted molar refractivity (Wildman–Crippen MR) is 109 cm³/mol. The van der Waals surface area contributed by atoms with Gasteiger partial charge in [-0.25, -0.2) is 13.4 Å². The number of rotatable bonds is 6. The van der Waals surface area contributed by atoms with E-state index in [0.29, 0.717) is 16.4 Å². The number of nitrogens with zero attached hydrogens (tertiary/aromatic N) is 1. The summed E-state index contributed by atoms with van der Waals surface area (Å²) in [7, 11) is -3.25. The van der Waals surface area contributed by atoms with Gasteiger partial charge in [0.15, 0.2) is 9.84 Å².